The van der Waals surface area contributed by atoms with E-state index in [0.29, 0.717) is 22.5 Å². The second-order valence-electron chi connectivity index (χ2n) is 6.56. The van der Waals surface area contributed by atoms with E-state index in [0.717, 1.165) is 16.5 Å². The molecule has 2 aromatic carbocycles. The summed E-state index contributed by atoms with van der Waals surface area (Å²) < 4.78 is 16.8. The Bertz CT molecular complexity index is 1400. The molecule has 6 nitrogen and oxygen atoms in total. The third-order valence-corrected chi connectivity index (χ3v) is 4.72. The standard InChI is InChI=1S/C22H13FN6/c23-21(17-6-7-18-16(12-17)5-2-10-25-18)22-27-26-20-9-8-19(28-29(20)22)15-4-1-3-14(11-15)13-24/h1-12,21H. The Hall–Kier alpha value is -4.18. The predicted molar refractivity (Wildman–Crippen MR) is 106 cm³/mol. The van der Waals surface area contributed by atoms with Crippen LogP contribution < -0.4 is 0 Å². The predicted octanol–water partition coefficient (Wildman–Crippen LogP) is 4.27. The molecule has 0 aliphatic carbocycles. The van der Waals surface area contributed by atoms with Gasteiger partial charge in [0.15, 0.2) is 17.6 Å². The Morgan fingerprint density at radius 1 is 0.966 bits per heavy atom. The van der Waals surface area contributed by atoms with Crippen LogP contribution in [-0.4, -0.2) is 24.8 Å². The van der Waals surface area contributed by atoms with E-state index in [4.69, 9.17) is 5.26 Å². The van der Waals surface area contributed by atoms with Crippen molar-refractivity contribution in [3.05, 3.63) is 89.9 Å². The second kappa shape index (κ2) is 6.77. The van der Waals surface area contributed by atoms with Crippen LogP contribution in [0.1, 0.15) is 23.1 Å². The first-order valence-corrected chi connectivity index (χ1v) is 8.94. The number of halogens is 1. The smallest absolute Gasteiger partial charge is 0.193 e. The molecule has 1 unspecified atom stereocenters. The highest BCUT2D eigenvalue weighted by Gasteiger charge is 2.21. The fourth-order valence-electron chi connectivity index (χ4n) is 3.27. The van der Waals surface area contributed by atoms with Crippen LogP contribution in [0.4, 0.5) is 4.39 Å². The van der Waals surface area contributed by atoms with Crippen LogP contribution >= 0.6 is 0 Å². The number of hydrogen-bond acceptors (Lipinski definition) is 5. The van der Waals surface area contributed by atoms with Crippen molar-refractivity contribution < 1.29 is 4.39 Å². The number of nitrogens with zero attached hydrogens (tertiary/aromatic N) is 6. The molecule has 1 atom stereocenters. The molecule has 5 aromatic rings. The number of benzene rings is 2. The highest BCUT2D eigenvalue weighted by atomic mass is 19.1. The molecule has 5 rings (SSSR count). The minimum Gasteiger partial charge on any atom is -0.256 e. The summed E-state index contributed by atoms with van der Waals surface area (Å²) in [6, 6.07) is 21.7. The van der Waals surface area contributed by atoms with Crippen molar-refractivity contribution in [2.75, 3.05) is 0 Å². The van der Waals surface area contributed by atoms with Crippen molar-refractivity contribution in [2.24, 2.45) is 0 Å². The van der Waals surface area contributed by atoms with Gasteiger partial charge in [0.25, 0.3) is 0 Å². The summed E-state index contributed by atoms with van der Waals surface area (Å²) in [6.07, 6.45) is 0.205. The molecule has 0 bridgehead atoms. The normalized spacial score (nSPS) is 12.1. The number of aromatic nitrogens is 5. The first kappa shape index (κ1) is 17.0. The molecule has 0 aliphatic rings. The number of hydrogen-bond donors (Lipinski definition) is 0. The molecule has 7 heteroatoms. The molecule has 29 heavy (non-hydrogen) atoms. The van der Waals surface area contributed by atoms with Crippen molar-refractivity contribution in [3.8, 4) is 17.3 Å². The molecule has 0 fully saturated rings. The van der Waals surface area contributed by atoms with E-state index in [1.165, 1.54) is 4.52 Å². The number of alkyl halides is 1. The van der Waals surface area contributed by atoms with Crippen molar-refractivity contribution in [1.82, 2.24) is 24.8 Å². The summed E-state index contributed by atoms with van der Waals surface area (Å²) in [5.41, 5.74) is 3.60. The fourth-order valence-corrected chi connectivity index (χ4v) is 3.27. The van der Waals surface area contributed by atoms with Gasteiger partial charge in [-0.3, -0.25) is 4.98 Å². The van der Waals surface area contributed by atoms with Crippen LogP contribution in [0, 0.1) is 11.3 Å². The van der Waals surface area contributed by atoms with Gasteiger partial charge >= 0.3 is 0 Å². The van der Waals surface area contributed by atoms with Gasteiger partial charge in [-0.15, -0.1) is 10.2 Å². The summed E-state index contributed by atoms with van der Waals surface area (Å²) in [5, 5.41) is 22.6. The summed E-state index contributed by atoms with van der Waals surface area (Å²) in [6.45, 7) is 0. The van der Waals surface area contributed by atoms with Gasteiger partial charge in [0.1, 0.15) is 0 Å². The zero-order chi connectivity index (χ0) is 19.8. The molecular weight excluding hydrogens is 367 g/mol. The van der Waals surface area contributed by atoms with E-state index in [-0.39, 0.29) is 5.82 Å². The highest BCUT2D eigenvalue weighted by Crippen LogP contribution is 2.28. The van der Waals surface area contributed by atoms with E-state index in [9.17, 15) is 0 Å². The third kappa shape index (κ3) is 2.97. The molecule has 0 radical (unpaired) electrons. The van der Waals surface area contributed by atoms with E-state index >= 15 is 4.39 Å². The zero-order valence-corrected chi connectivity index (χ0v) is 15.1. The van der Waals surface area contributed by atoms with Crippen molar-refractivity contribution in [1.29, 1.82) is 5.26 Å². The molecule has 0 saturated carbocycles. The van der Waals surface area contributed by atoms with Gasteiger partial charge in [0.05, 0.1) is 22.8 Å². The van der Waals surface area contributed by atoms with E-state index in [2.05, 4.69) is 26.3 Å². The minimum absolute atomic E-state index is 0.0986. The molecule has 0 saturated heterocycles. The molecule has 0 N–H and O–H groups in total. The highest BCUT2D eigenvalue weighted by molar-refractivity contribution is 5.79. The fraction of sp³-hybridized carbons (Fsp3) is 0.0455. The lowest BCUT2D eigenvalue weighted by molar-refractivity contribution is 0.377. The van der Waals surface area contributed by atoms with Gasteiger partial charge in [-0.1, -0.05) is 24.3 Å². The van der Waals surface area contributed by atoms with Gasteiger partial charge in [0.2, 0.25) is 0 Å². The quantitative estimate of drug-likeness (QED) is 0.467. The molecule has 138 valence electrons. The summed E-state index contributed by atoms with van der Waals surface area (Å²) >= 11 is 0. The van der Waals surface area contributed by atoms with Crippen LogP contribution in [-0.2, 0) is 0 Å². The maximum Gasteiger partial charge on any atom is 0.193 e. The Morgan fingerprint density at radius 2 is 1.90 bits per heavy atom. The third-order valence-electron chi connectivity index (χ3n) is 4.72. The SMILES string of the molecule is N#Cc1cccc(-c2ccc3nnc(C(F)c4ccc5ncccc5c4)n3n2)c1. The van der Waals surface area contributed by atoms with Gasteiger partial charge in [-0.2, -0.15) is 14.9 Å². The van der Waals surface area contributed by atoms with Crippen LogP contribution in [0.5, 0.6) is 0 Å². The van der Waals surface area contributed by atoms with E-state index in [1.807, 2.05) is 18.2 Å². The average Bonchev–Trinajstić information content (AvgIpc) is 3.21. The van der Waals surface area contributed by atoms with Crippen LogP contribution in [0.3, 0.4) is 0 Å². The molecule has 3 heterocycles. The summed E-state index contributed by atoms with van der Waals surface area (Å²) in [5.74, 6) is 0.0986. The molecule has 0 amide bonds. The Balaban J connectivity index is 1.59. The Labute approximate surface area is 164 Å². The monoisotopic (exact) mass is 380 g/mol. The Morgan fingerprint density at radius 3 is 2.79 bits per heavy atom. The number of rotatable bonds is 3. The largest absolute Gasteiger partial charge is 0.256 e. The van der Waals surface area contributed by atoms with Crippen LogP contribution in [0.2, 0.25) is 0 Å². The lowest BCUT2D eigenvalue weighted by Crippen LogP contribution is -2.05. The number of fused-ring (bicyclic) bond motifs is 2. The topological polar surface area (TPSA) is 79.8 Å². The van der Waals surface area contributed by atoms with E-state index in [1.54, 1.807) is 54.7 Å². The zero-order valence-electron chi connectivity index (χ0n) is 15.1. The van der Waals surface area contributed by atoms with Gasteiger partial charge in [0, 0.05) is 17.1 Å². The summed E-state index contributed by atoms with van der Waals surface area (Å²) in [4.78, 5) is 4.26. The molecule has 3 aromatic heterocycles. The maximum atomic E-state index is 15.4. The Kier molecular flexibility index (Phi) is 3.96. The first-order valence-electron chi connectivity index (χ1n) is 8.94. The van der Waals surface area contributed by atoms with Gasteiger partial charge in [-0.25, -0.2) is 4.39 Å². The first-order chi connectivity index (χ1) is 14.2. The number of nitriles is 1. The van der Waals surface area contributed by atoms with Crippen LogP contribution in [0.15, 0.2) is 72.9 Å². The molecule has 0 aliphatic heterocycles. The molecular formula is C22H13FN6. The minimum atomic E-state index is -1.50. The summed E-state index contributed by atoms with van der Waals surface area (Å²) in [7, 11) is 0. The van der Waals surface area contributed by atoms with E-state index < -0.39 is 6.17 Å². The number of pyridine rings is 1. The van der Waals surface area contributed by atoms with Gasteiger partial charge in [-0.05, 0) is 48.0 Å². The maximum absolute atomic E-state index is 15.4. The van der Waals surface area contributed by atoms with Crippen LogP contribution in [0.25, 0.3) is 27.8 Å². The lowest BCUT2D eigenvalue weighted by Gasteiger charge is -2.08. The lowest BCUT2D eigenvalue weighted by atomic mass is 10.1. The van der Waals surface area contributed by atoms with Crippen molar-refractivity contribution >= 4 is 16.6 Å². The van der Waals surface area contributed by atoms with Gasteiger partial charge < -0.3 is 0 Å². The van der Waals surface area contributed by atoms with Crippen molar-refractivity contribution in [3.63, 3.8) is 0 Å². The second-order valence-corrected chi connectivity index (χ2v) is 6.56. The van der Waals surface area contributed by atoms with Crippen molar-refractivity contribution in [2.45, 2.75) is 6.17 Å². The average molecular weight is 380 g/mol. The molecule has 0 spiro atoms.